The van der Waals surface area contributed by atoms with E-state index in [9.17, 15) is 28.8 Å². The second-order valence-corrected chi connectivity index (χ2v) is 17.6. The number of nitrogens with zero attached hydrogens (tertiary/aromatic N) is 8. The van der Waals surface area contributed by atoms with E-state index in [1.165, 1.54) is 51.2 Å². The minimum absolute atomic E-state index is 0.0896. The largest absolute Gasteiger partial charge is 0.491 e. The zero-order chi connectivity index (χ0) is 47.1. The molecule has 6 heterocycles. The fourth-order valence-corrected chi connectivity index (χ4v) is 9.51. The van der Waals surface area contributed by atoms with Crippen molar-refractivity contribution in [3.8, 4) is 23.0 Å². The molecule has 344 valence electrons. The Hall–Kier alpha value is -6.72. The van der Waals surface area contributed by atoms with Crippen LogP contribution in [0.2, 0.25) is 10.0 Å². The highest BCUT2D eigenvalue weighted by Crippen LogP contribution is 2.45. The number of aldehydes is 1. The average molecular weight is 939 g/mol. The molecule has 8 rings (SSSR count). The number of piperidine rings is 1. The highest BCUT2D eigenvalue weighted by molar-refractivity contribution is 6.31. The Morgan fingerprint density at radius 3 is 2.38 bits per heavy atom. The number of para-hydroxylation sites is 1. The molecule has 0 radical (unpaired) electrons. The Kier molecular flexibility index (Phi) is 12.9. The minimum Gasteiger partial charge on any atom is -0.491 e. The van der Waals surface area contributed by atoms with E-state index in [1.807, 2.05) is 18.4 Å². The number of rotatable bonds is 14. The zero-order valence-corrected chi connectivity index (χ0v) is 38.8. The van der Waals surface area contributed by atoms with Crippen molar-refractivity contribution in [2.75, 3.05) is 38.8 Å². The SMILES string of the molecule is CNC(=O)C(CCC=O)n1c(=O)n(C)c2c(OCC3CCN(C(=O)c4cnc(OC)c(-c5nc6c(n5C(C)C)C(c5ccc(Cl)cc5)N(c5cc(Cl)cn(C)c5=O)C6=O)c4)CC3)cccc21. The number of imidazole rings is 2. The number of fused-ring (bicyclic) bond motifs is 2. The maximum Gasteiger partial charge on any atom is 0.329 e. The summed E-state index contributed by atoms with van der Waals surface area (Å²) in [5.74, 6) is 0.0401. The molecule has 0 bridgehead atoms. The van der Waals surface area contributed by atoms with Crippen LogP contribution in [0.3, 0.4) is 0 Å². The quantitative estimate of drug-likeness (QED) is 0.125. The smallest absolute Gasteiger partial charge is 0.329 e. The van der Waals surface area contributed by atoms with Crippen LogP contribution < -0.4 is 30.9 Å². The number of nitrogens with one attached hydrogen (secondary N) is 1. The standard InChI is InChI=1S/C47H49Cl2N9O8/c1-26(2)56-40-37(46(63)58(35-22-31(49)24-53(4)45(35)62)38(40)28-12-14-30(48)15-13-28)52-41(56)32-21-29(23-51-43(32)65-6)44(61)55-18-16-27(17-19-55)25-66-36-11-7-9-33-39(36)54(5)47(64)57(33)34(10-8-20-59)42(60)50-3/h7,9,11-15,20-24,26-27,34,38H,8,10,16-19,25H2,1-6H3,(H,50,60). The normalized spacial score (nSPS) is 15.7. The zero-order valence-electron chi connectivity index (χ0n) is 37.3. The van der Waals surface area contributed by atoms with E-state index in [0.29, 0.717) is 82.6 Å². The number of benzene rings is 2. The highest BCUT2D eigenvalue weighted by atomic mass is 35.5. The summed E-state index contributed by atoms with van der Waals surface area (Å²) in [6, 6.07) is 13.6. The highest BCUT2D eigenvalue weighted by Gasteiger charge is 2.46. The summed E-state index contributed by atoms with van der Waals surface area (Å²) >= 11 is 12.8. The average Bonchev–Trinajstić information content (AvgIpc) is 3.93. The molecule has 6 aromatic rings. The van der Waals surface area contributed by atoms with Gasteiger partial charge in [0, 0.05) is 64.1 Å². The second-order valence-electron chi connectivity index (χ2n) is 16.8. The van der Waals surface area contributed by atoms with Crippen LogP contribution in [0, 0.1) is 5.92 Å². The van der Waals surface area contributed by atoms with Gasteiger partial charge in [-0.05, 0) is 81.0 Å². The Morgan fingerprint density at radius 1 is 0.985 bits per heavy atom. The molecule has 19 heteroatoms. The molecule has 3 amide bonds. The lowest BCUT2D eigenvalue weighted by molar-refractivity contribution is -0.124. The van der Waals surface area contributed by atoms with Gasteiger partial charge in [0.1, 0.15) is 41.1 Å². The maximum atomic E-state index is 14.6. The number of pyridine rings is 2. The van der Waals surface area contributed by atoms with Crippen molar-refractivity contribution < 1.29 is 28.7 Å². The maximum absolute atomic E-state index is 14.6. The van der Waals surface area contributed by atoms with Crippen molar-refractivity contribution in [2.24, 2.45) is 20.0 Å². The Morgan fingerprint density at radius 2 is 1.71 bits per heavy atom. The molecule has 0 aliphatic carbocycles. The van der Waals surface area contributed by atoms with Crippen molar-refractivity contribution in [1.29, 1.82) is 0 Å². The number of anilines is 1. The molecule has 0 spiro atoms. The number of carbonyl (C=O) groups excluding carboxylic acids is 4. The molecule has 4 aromatic heterocycles. The Balaban J connectivity index is 1.05. The van der Waals surface area contributed by atoms with Gasteiger partial charge in [0.25, 0.3) is 17.4 Å². The van der Waals surface area contributed by atoms with Gasteiger partial charge >= 0.3 is 5.69 Å². The topological polar surface area (TPSA) is 185 Å². The first-order valence-electron chi connectivity index (χ1n) is 21.6. The van der Waals surface area contributed by atoms with E-state index < -0.39 is 29.2 Å². The molecule has 2 atom stereocenters. The van der Waals surface area contributed by atoms with Crippen molar-refractivity contribution in [3.63, 3.8) is 0 Å². The number of hydrogen-bond donors (Lipinski definition) is 1. The van der Waals surface area contributed by atoms with Crippen molar-refractivity contribution in [2.45, 2.75) is 57.7 Å². The second kappa shape index (κ2) is 18.6. The Labute approximate surface area is 389 Å². The molecule has 1 N–H and O–H groups in total. The van der Waals surface area contributed by atoms with Crippen LogP contribution in [0.15, 0.2) is 76.6 Å². The molecule has 66 heavy (non-hydrogen) atoms. The van der Waals surface area contributed by atoms with Gasteiger partial charge in [-0.1, -0.05) is 41.4 Å². The molecule has 2 aromatic carbocycles. The molecular weight excluding hydrogens is 889 g/mol. The number of likely N-dealkylation sites (tertiary alicyclic amines) is 1. The number of methoxy groups -OCH3 is 1. The van der Waals surface area contributed by atoms with E-state index in [4.69, 9.17) is 37.7 Å². The van der Waals surface area contributed by atoms with Crippen LogP contribution >= 0.6 is 23.2 Å². The van der Waals surface area contributed by atoms with Gasteiger partial charge in [-0.3, -0.25) is 33.2 Å². The van der Waals surface area contributed by atoms with E-state index in [1.54, 1.807) is 67.5 Å². The van der Waals surface area contributed by atoms with Crippen molar-refractivity contribution in [3.05, 3.63) is 120 Å². The number of aryl methyl sites for hydroxylation is 2. The van der Waals surface area contributed by atoms with Gasteiger partial charge in [0.05, 0.1) is 41.1 Å². The number of aromatic nitrogens is 6. The fourth-order valence-electron chi connectivity index (χ4n) is 9.13. The van der Waals surface area contributed by atoms with Crippen molar-refractivity contribution >= 4 is 63.9 Å². The predicted octanol–water partition coefficient (Wildman–Crippen LogP) is 6.14. The molecule has 2 aliphatic heterocycles. The Bertz CT molecular complexity index is 3000. The number of carbonyl (C=O) groups is 4. The summed E-state index contributed by atoms with van der Waals surface area (Å²) < 4.78 is 18.2. The number of amides is 3. The summed E-state index contributed by atoms with van der Waals surface area (Å²) in [5.41, 5.74) is 2.40. The monoisotopic (exact) mass is 937 g/mol. The first kappa shape index (κ1) is 45.8. The van der Waals surface area contributed by atoms with Gasteiger partial charge in [0.15, 0.2) is 5.69 Å². The lowest BCUT2D eigenvalue weighted by Crippen LogP contribution is -2.39. The van der Waals surface area contributed by atoms with E-state index in [2.05, 4.69) is 10.3 Å². The first-order valence-corrected chi connectivity index (χ1v) is 22.3. The molecule has 0 saturated carbocycles. The van der Waals surface area contributed by atoms with Gasteiger partial charge in [-0.25, -0.2) is 14.8 Å². The van der Waals surface area contributed by atoms with E-state index in [0.717, 1.165) is 6.29 Å². The van der Waals surface area contributed by atoms with Gasteiger partial charge < -0.3 is 33.6 Å². The summed E-state index contributed by atoms with van der Waals surface area (Å²) in [5, 5.41) is 3.38. The first-order chi connectivity index (χ1) is 31.7. The summed E-state index contributed by atoms with van der Waals surface area (Å²) in [4.78, 5) is 92.6. The molecule has 2 aliphatic rings. The summed E-state index contributed by atoms with van der Waals surface area (Å²) in [6.45, 7) is 5.14. The molecule has 1 saturated heterocycles. The number of ether oxygens (including phenoxy) is 2. The van der Waals surface area contributed by atoms with Gasteiger partial charge in [-0.2, -0.15) is 0 Å². The molecular formula is C47H49Cl2N9O8. The van der Waals surface area contributed by atoms with Gasteiger partial charge in [-0.15, -0.1) is 0 Å². The minimum atomic E-state index is -0.871. The van der Waals surface area contributed by atoms with Crippen LogP contribution in [0.5, 0.6) is 11.6 Å². The summed E-state index contributed by atoms with van der Waals surface area (Å²) in [7, 11) is 6.16. The molecule has 2 unspecified atom stereocenters. The van der Waals surface area contributed by atoms with Crippen LogP contribution in [0.1, 0.15) is 89.8 Å². The lowest BCUT2D eigenvalue weighted by Gasteiger charge is -2.32. The van der Waals surface area contributed by atoms with Gasteiger partial charge in [0.2, 0.25) is 11.8 Å². The van der Waals surface area contributed by atoms with E-state index in [-0.39, 0.29) is 58.9 Å². The number of halogens is 2. The third kappa shape index (κ3) is 8.14. The fraction of sp³-hybridized carbons (Fsp3) is 0.362. The number of hydrogen-bond acceptors (Lipinski definition) is 10. The van der Waals surface area contributed by atoms with Crippen LogP contribution in [-0.4, -0.2) is 91.0 Å². The summed E-state index contributed by atoms with van der Waals surface area (Å²) in [6.07, 6.45) is 5.26. The van der Waals surface area contributed by atoms with E-state index >= 15 is 0 Å². The predicted molar refractivity (Wildman–Crippen MR) is 249 cm³/mol. The van der Waals surface area contributed by atoms with Crippen LogP contribution in [0.4, 0.5) is 5.69 Å². The van der Waals surface area contributed by atoms with Crippen LogP contribution in [-0.2, 0) is 23.7 Å². The third-order valence-electron chi connectivity index (χ3n) is 12.4. The lowest BCUT2D eigenvalue weighted by atomic mass is 9.97. The third-order valence-corrected chi connectivity index (χ3v) is 12.8. The van der Waals surface area contributed by atoms with Crippen LogP contribution in [0.25, 0.3) is 22.4 Å². The number of likely N-dealkylation sites (N-methyl/N-ethyl adjacent to an activating group) is 1. The molecule has 1 fully saturated rings. The van der Waals surface area contributed by atoms with Crippen molar-refractivity contribution in [1.82, 2.24) is 38.5 Å². The molecule has 17 nitrogen and oxygen atoms in total.